The fourth-order valence-electron chi connectivity index (χ4n) is 4.73. The third-order valence-electron chi connectivity index (χ3n) is 6.20. The molecule has 2 aliphatic carbocycles. The van der Waals surface area contributed by atoms with Crippen molar-refractivity contribution >= 4 is 22.4 Å². The largest absolute Gasteiger partial charge is 0.302 e. The van der Waals surface area contributed by atoms with Crippen molar-refractivity contribution in [1.82, 2.24) is 4.98 Å². The Hall–Kier alpha value is -1.68. The first-order valence-corrected chi connectivity index (χ1v) is 10.2. The first-order valence-electron chi connectivity index (χ1n) is 9.33. The molecule has 0 unspecified atom stereocenters. The molecule has 0 aliphatic heterocycles. The van der Waals surface area contributed by atoms with Crippen LogP contribution in [-0.4, -0.2) is 10.9 Å². The van der Waals surface area contributed by atoms with E-state index in [0.717, 1.165) is 28.2 Å². The summed E-state index contributed by atoms with van der Waals surface area (Å²) in [5, 5.41) is 5.80. The van der Waals surface area contributed by atoms with Crippen LogP contribution in [0, 0.1) is 38.5 Å². The minimum Gasteiger partial charge on any atom is -0.302 e. The molecule has 2 fully saturated rings. The molecule has 0 saturated heterocycles. The molecule has 2 aliphatic rings. The monoisotopic (exact) mass is 354 g/mol. The fourth-order valence-corrected chi connectivity index (χ4v) is 5.45. The molecule has 1 heterocycles. The van der Waals surface area contributed by atoms with Crippen LogP contribution in [0.5, 0.6) is 0 Å². The number of hydrogen-bond donors (Lipinski definition) is 1. The summed E-state index contributed by atoms with van der Waals surface area (Å²) >= 11 is 1.52. The second-order valence-electron chi connectivity index (χ2n) is 7.98. The highest BCUT2D eigenvalue weighted by molar-refractivity contribution is 7.14. The van der Waals surface area contributed by atoms with Gasteiger partial charge in [-0.2, -0.15) is 0 Å². The van der Waals surface area contributed by atoms with Crippen molar-refractivity contribution in [2.45, 2.75) is 52.9 Å². The van der Waals surface area contributed by atoms with Crippen molar-refractivity contribution in [2.24, 2.45) is 17.8 Å². The number of amides is 1. The molecule has 132 valence electrons. The zero-order valence-electron chi connectivity index (χ0n) is 15.3. The van der Waals surface area contributed by atoms with E-state index in [-0.39, 0.29) is 5.91 Å². The predicted octanol–water partition coefficient (Wildman–Crippen LogP) is 5.50. The number of anilines is 1. The van der Waals surface area contributed by atoms with E-state index in [2.05, 4.69) is 43.2 Å². The lowest BCUT2D eigenvalue weighted by Gasteiger charge is -2.20. The number of aryl methyl sites for hydroxylation is 3. The van der Waals surface area contributed by atoms with E-state index in [9.17, 15) is 4.79 Å². The summed E-state index contributed by atoms with van der Waals surface area (Å²) in [5.74, 6) is 2.42. The molecule has 1 N–H and O–H groups in total. The van der Waals surface area contributed by atoms with Crippen LogP contribution in [0.25, 0.3) is 11.3 Å². The normalized spacial score (nSPS) is 24.7. The number of aromatic nitrogens is 1. The van der Waals surface area contributed by atoms with E-state index >= 15 is 0 Å². The number of nitrogens with one attached hydrogen (secondary N) is 1. The molecule has 1 aromatic heterocycles. The van der Waals surface area contributed by atoms with E-state index in [4.69, 9.17) is 0 Å². The topological polar surface area (TPSA) is 42.0 Å². The number of rotatable bonds is 4. The van der Waals surface area contributed by atoms with Crippen molar-refractivity contribution in [3.63, 3.8) is 0 Å². The maximum absolute atomic E-state index is 12.4. The number of carbonyl (C=O) groups excluding carboxylic acids is 1. The number of fused-ring (bicyclic) bond motifs is 2. The SMILES string of the molecule is Cc1cc(C)c(-c2csc(NC(=O)C[C@H]3C[C@H]4CC[C@@H]3C4)n2)cc1C. The summed E-state index contributed by atoms with van der Waals surface area (Å²) in [4.78, 5) is 17.1. The van der Waals surface area contributed by atoms with Crippen LogP contribution in [0.15, 0.2) is 17.5 Å². The molecule has 4 rings (SSSR count). The summed E-state index contributed by atoms with van der Waals surface area (Å²) in [6.45, 7) is 6.38. The van der Waals surface area contributed by atoms with Gasteiger partial charge in [0.2, 0.25) is 5.91 Å². The first kappa shape index (κ1) is 16.8. The van der Waals surface area contributed by atoms with Crippen LogP contribution in [0.4, 0.5) is 5.13 Å². The fraction of sp³-hybridized carbons (Fsp3) is 0.524. The van der Waals surface area contributed by atoms with Crippen molar-refractivity contribution in [3.8, 4) is 11.3 Å². The Balaban J connectivity index is 1.43. The molecular formula is C21H26N2OS. The Morgan fingerprint density at radius 3 is 2.68 bits per heavy atom. The van der Waals surface area contributed by atoms with Crippen LogP contribution in [0.3, 0.4) is 0 Å². The number of benzene rings is 1. The van der Waals surface area contributed by atoms with Crippen molar-refractivity contribution in [2.75, 3.05) is 5.32 Å². The number of carbonyl (C=O) groups is 1. The summed E-state index contributed by atoms with van der Waals surface area (Å²) < 4.78 is 0. The van der Waals surface area contributed by atoms with Crippen LogP contribution in [0.1, 0.15) is 48.8 Å². The molecule has 3 atom stereocenters. The van der Waals surface area contributed by atoms with Crippen LogP contribution < -0.4 is 5.32 Å². The zero-order chi connectivity index (χ0) is 17.6. The summed E-state index contributed by atoms with van der Waals surface area (Å²) in [7, 11) is 0. The Morgan fingerprint density at radius 2 is 1.96 bits per heavy atom. The van der Waals surface area contributed by atoms with Crippen molar-refractivity contribution < 1.29 is 4.79 Å². The maximum Gasteiger partial charge on any atom is 0.226 e. The zero-order valence-corrected chi connectivity index (χ0v) is 16.1. The molecule has 1 aromatic carbocycles. The summed E-state index contributed by atoms with van der Waals surface area (Å²) in [6.07, 6.45) is 5.98. The van der Waals surface area contributed by atoms with E-state index < -0.39 is 0 Å². The van der Waals surface area contributed by atoms with E-state index in [0.29, 0.717) is 12.3 Å². The van der Waals surface area contributed by atoms with Gasteiger partial charge in [0.05, 0.1) is 5.69 Å². The lowest BCUT2D eigenvalue weighted by atomic mass is 9.86. The molecule has 2 saturated carbocycles. The van der Waals surface area contributed by atoms with Crippen molar-refractivity contribution in [3.05, 3.63) is 34.2 Å². The summed E-state index contributed by atoms with van der Waals surface area (Å²) in [5.41, 5.74) is 5.92. The van der Waals surface area contributed by atoms with E-state index in [1.807, 2.05) is 5.38 Å². The Kier molecular flexibility index (Phi) is 4.40. The van der Waals surface area contributed by atoms with Gasteiger partial charge in [0.25, 0.3) is 0 Å². The molecule has 2 aromatic rings. The lowest BCUT2D eigenvalue weighted by Crippen LogP contribution is -2.20. The smallest absolute Gasteiger partial charge is 0.226 e. The highest BCUT2D eigenvalue weighted by Gasteiger charge is 2.40. The van der Waals surface area contributed by atoms with Gasteiger partial charge in [0.1, 0.15) is 0 Å². The van der Waals surface area contributed by atoms with Gasteiger partial charge in [0.15, 0.2) is 5.13 Å². The highest BCUT2D eigenvalue weighted by atomic mass is 32.1. The third kappa shape index (κ3) is 3.37. The van der Waals surface area contributed by atoms with Gasteiger partial charge in [-0.25, -0.2) is 4.98 Å². The van der Waals surface area contributed by atoms with E-state index in [1.54, 1.807) is 0 Å². The van der Waals surface area contributed by atoms with Gasteiger partial charge < -0.3 is 5.32 Å². The Bertz CT molecular complexity index is 810. The summed E-state index contributed by atoms with van der Waals surface area (Å²) in [6, 6.07) is 4.40. The molecule has 0 radical (unpaired) electrons. The van der Waals surface area contributed by atoms with Crippen LogP contribution >= 0.6 is 11.3 Å². The number of hydrogen-bond acceptors (Lipinski definition) is 3. The van der Waals surface area contributed by atoms with Gasteiger partial charge in [-0.05, 0) is 80.5 Å². The Morgan fingerprint density at radius 1 is 1.16 bits per heavy atom. The van der Waals surface area contributed by atoms with Crippen molar-refractivity contribution in [1.29, 1.82) is 0 Å². The first-order chi connectivity index (χ1) is 12.0. The number of thiazole rings is 1. The predicted molar refractivity (Wildman–Crippen MR) is 104 cm³/mol. The molecule has 0 spiro atoms. The van der Waals surface area contributed by atoms with Gasteiger partial charge >= 0.3 is 0 Å². The number of nitrogens with zero attached hydrogens (tertiary/aromatic N) is 1. The molecule has 1 amide bonds. The van der Waals surface area contributed by atoms with Gasteiger partial charge in [-0.3, -0.25) is 4.79 Å². The molecule has 25 heavy (non-hydrogen) atoms. The van der Waals surface area contributed by atoms with Crippen LogP contribution in [0.2, 0.25) is 0 Å². The average molecular weight is 355 g/mol. The Labute approximate surface area is 153 Å². The molecule has 4 heteroatoms. The quantitative estimate of drug-likeness (QED) is 0.787. The minimum absolute atomic E-state index is 0.134. The third-order valence-corrected chi connectivity index (χ3v) is 6.96. The second kappa shape index (κ2) is 6.56. The highest BCUT2D eigenvalue weighted by Crippen LogP contribution is 2.49. The average Bonchev–Trinajstić information content (AvgIpc) is 3.27. The minimum atomic E-state index is 0.134. The molecule has 2 bridgehead atoms. The van der Waals surface area contributed by atoms with Gasteiger partial charge in [0, 0.05) is 17.4 Å². The maximum atomic E-state index is 12.4. The second-order valence-corrected chi connectivity index (χ2v) is 8.83. The van der Waals surface area contributed by atoms with Crippen LogP contribution in [-0.2, 0) is 4.79 Å². The van der Waals surface area contributed by atoms with E-state index in [1.165, 1.54) is 53.7 Å². The molecular weight excluding hydrogens is 328 g/mol. The molecule has 3 nitrogen and oxygen atoms in total. The standard InChI is InChI=1S/C21H26N2OS/c1-12-6-14(3)18(7-13(12)2)19-11-25-21(22-19)23-20(24)10-17-9-15-4-5-16(17)8-15/h6-7,11,15-17H,4-5,8-10H2,1-3H3,(H,22,23,24)/t15-,16+,17+/m0/s1. The van der Waals surface area contributed by atoms with Gasteiger partial charge in [-0.1, -0.05) is 12.5 Å². The lowest BCUT2D eigenvalue weighted by molar-refractivity contribution is -0.117. The van der Waals surface area contributed by atoms with Gasteiger partial charge in [-0.15, -0.1) is 11.3 Å².